The van der Waals surface area contributed by atoms with E-state index in [4.69, 9.17) is 0 Å². The van der Waals surface area contributed by atoms with Crippen LogP contribution < -0.4 is 0 Å². The van der Waals surface area contributed by atoms with Gasteiger partial charge in [0.05, 0.1) is 0 Å². The van der Waals surface area contributed by atoms with Gasteiger partial charge in [-0.25, -0.2) is 0 Å². The molecular formula is C144H176. The maximum atomic E-state index is 3.72. The van der Waals surface area contributed by atoms with Gasteiger partial charge >= 0.3 is 0 Å². The second-order valence-corrected chi connectivity index (χ2v) is 42.7. The number of hydrogen-bond acceptors (Lipinski definition) is 0. The second-order valence-electron chi connectivity index (χ2n) is 42.7. The molecule has 752 valence electrons. The SMILES string of the molecule is CCCCCCCCCCCCCCCCc1cc2cc(c1)-c1ccc(cc1)-c1cccc(c1)C#Cc1cc(CCCCCCCCCCCCCCCC)cc(c1)-c1ccc(cc1)-c1cccc(c1)C#Cc1cc(CCCCCCCCCCCCCCCC)cc(c1)-c1ccc(cc1)-c1cccc(c1)C#Cc1cc(CCCCCCCCCCCCCCCC)cc(c1)-c1ccc(cc1)-c1cccc(c1)C#C2. The van der Waals surface area contributed by atoms with Gasteiger partial charge in [0, 0.05) is 44.5 Å². The number of unbranched alkanes of at least 4 members (excludes halogenated alkanes) is 52. The third kappa shape index (κ3) is 40.7. The Morgan fingerprint density at radius 1 is 0.111 bits per heavy atom. The maximum absolute atomic E-state index is 3.72. The van der Waals surface area contributed by atoms with E-state index in [1.165, 1.54) is 471 Å². The standard InChI is InChI=1S/C144H176/c1-5-9-13-17-21-25-29-33-37-41-45-49-53-57-65-121-101-125-81-77-117-69-61-73-137(105-117)130-87-95-134(96-88-130)142-110-123(67-59-55-51-47-43-39-35-31-27-23-19-15-11-7-3)103-127(115-142)83-79-119-71-63-75-139(107-119)132-91-99-136(100-92-132)144-112-124(68-60-56-52-48-44-40-36-32-28-24-20-16-12-8-4)104-128(116-144)84-80-120-72-64-76-140(108-120)131-89-97-135(98-90-131)143-111-122(66-58-54-50-46-42-38-34-30-26-22-18-14-10-6-2)102-126(114-143)82-78-118-70-62-74-138(106-118)129-85-93-133(94-86-129)141(109-121)113-125/h61-64,69-76,85-116H,5-60,65-68H2,1-4H3. The van der Waals surface area contributed by atoms with Crippen LogP contribution in [0.1, 0.15) is 454 Å². The zero-order chi connectivity index (χ0) is 99.4. The van der Waals surface area contributed by atoms with Crippen molar-refractivity contribution in [2.45, 2.75) is 413 Å². The first-order valence-corrected chi connectivity index (χ1v) is 58.7. The van der Waals surface area contributed by atoms with Crippen molar-refractivity contribution >= 4 is 0 Å². The van der Waals surface area contributed by atoms with Crippen LogP contribution in [-0.2, 0) is 25.7 Å². The summed E-state index contributed by atoms with van der Waals surface area (Å²) in [5.41, 5.74) is 32.8. The molecular weight excluding hydrogens is 1730 g/mol. The van der Waals surface area contributed by atoms with Crippen LogP contribution in [0.25, 0.3) is 89.0 Å². The van der Waals surface area contributed by atoms with Crippen molar-refractivity contribution in [1.82, 2.24) is 0 Å². The van der Waals surface area contributed by atoms with Crippen LogP contribution in [0.5, 0.6) is 0 Å². The molecule has 0 spiro atoms. The Bertz CT molecular complexity index is 5230. The molecule has 0 amide bonds. The Kier molecular flexibility index (Phi) is 50.5. The van der Waals surface area contributed by atoms with Gasteiger partial charge in [-0.3, -0.25) is 0 Å². The molecule has 0 unspecified atom stereocenters. The monoisotopic (exact) mass is 1910 g/mol. The highest BCUT2D eigenvalue weighted by molar-refractivity contribution is 5.78. The summed E-state index contributed by atoms with van der Waals surface area (Å²) in [6.45, 7) is 9.25. The van der Waals surface area contributed by atoms with Gasteiger partial charge in [0.2, 0.25) is 0 Å². The quantitative estimate of drug-likeness (QED) is 0.0263. The minimum Gasteiger partial charge on any atom is -0.0654 e. The average Bonchev–Trinajstić information content (AvgIpc) is 0.825. The van der Waals surface area contributed by atoms with Crippen LogP contribution in [0.2, 0.25) is 0 Å². The second kappa shape index (κ2) is 66.1. The number of hydrogen-bond donors (Lipinski definition) is 0. The zero-order valence-corrected chi connectivity index (χ0v) is 89.8. The summed E-state index contributed by atoms with van der Waals surface area (Å²) in [5.74, 6) is 29.6. The molecule has 24 bridgehead atoms. The fourth-order valence-electron chi connectivity index (χ4n) is 21.5. The molecule has 0 saturated carbocycles. The van der Waals surface area contributed by atoms with Crippen molar-refractivity contribution in [1.29, 1.82) is 0 Å². The van der Waals surface area contributed by atoms with Crippen LogP contribution in [0.15, 0.2) is 267 Å². The molecule has 0 heterocycles. The van der Waals surface area contributed by atoms with E-state index in [1.54, 1.807) is 0 Å². The molecule has 0 radical (unpaired) electrons. The molecule has 0 aliphatic heterocycles. The summed E-state index contributed by atoms with van der Waals surface area (Å²) in [6.07, 6.45) is 80.1. The van der Waals surface area contributed by atoms with Crippen molar-refractivity contribution in [2.75, 3.05) is 0 Å². The first-order valence-electron chi connectivity index (χ1n) is 58.7. The van der Waals surface area contributed by atoms with Crippen molar-refractivity contribution < 1.29 is 0 Å². The number of aryl methyl sites for hydroxylation is 4. The van der Waals surface area contributed by atoms with E-state index in [0.717, 1.165) is 70.2 Å². The minimum absolute atomic E-state index is 1.01. The summed E-state index contributed by atoms with van der Waals surface area (Å²) >= 11 is 0. The van der Waals surface area contributed by atoms with Crippen molar-refractivity contribution in [2.24, 2.45) is 0 Å². The van der Waals surface area contributed by atoms with E-state index in [9.17, 15) is 0 Å². The Labute approximate surface area is 876 Å². The topological polar surface area (TPSA) is 0 Å². The van der Waals surface area contributed by atoms with Crippen molar-refractivity contribution in [3.8, 4) is 136 Å². The van der Waals surface area contributed by atoms with Crippen LogP contribution in [-0.4, -0.2) is 0 Å². The van der Waals surface area contributed by atoms with E-state index in [0.29, 0.717) is 0 Å². The predicted octanol–water partition coefficient (Wildman–Crippen LogP) is 43.0. The lowest BCUT2D eigenvalue weighted by molar-refractivity contribution is 0.535. The molecule has 0 atom stereocenters. The summed E-state index contributed by atoms with van der Waals surface area (Å²) in [4.78, 5) is 0. The largest absolute Gasteiger partial charge is 0.0654 e. The number of benzene rings is 12. The Morgan fingerprint density at radius 3 is 0.403 bits per heavy atom. The minimum atomic E-state index is 1.01. The van der Waals surface area contributed by atoms with Crippen LogP contribution >= 0.6 is 0 Å². The first-order chi connectivity index (χ1) is 71.3. The molecule has 0 fully saturated rings. The van der Waals surface area contributed by atoms with E-state index in [1.807, 2.05) is 0 Å². The van der Waals surface area contributed by atoms with Gasteiger partial charge in [-0.15, -0.1) is 0 Å². The molecule has 144 heavy (non-hydrogen) atoms. The lowest BCUT2D eigenvalue weighted by Crippen LogP contribution is -1.91. The Balaban J connectivity index is 0.786. The summed E-state index contributed by atoms with van der Waals surface area (Å²) in [6, 6.07) is 101. The van der Waals surface area contributed by atoms with Gasteiger partial charge in [0.15, 0.2) is 0 Å². The van der Waals surface area contributed by atoms with Gasteiger partial charge in [0.1, 0.15) is 0 Å². The Morgan fingerprint density at radius 2 is 0.243 bits per heavy atom. The average molecular weight is 1910 g/mol. The van der Waals surface area contributed by atoms with Gasteiger partial charge in [-0.05, 0) is 260 Å². The van der Waals surface area contributed by atoms with Crippen LogP contribution in [0, 0.1) is 47.4 Å². The van der Waals surface area contributed by atoms with Crippen molar-refractivity contribution in [3.05, 3.63) is 334 Å². The lowest BCUT2D eigenvalue weighted by Gasteiger charge is -2.10. The molecule has 0 saturated heterocycles. The Hall–Kier alpha value is -11.1. The molecule has 0 N–H and O–H groups in total. The summed E-state index contributed by atoms with van der Waals surface area (Å²) in [5, 5.41) is 0. The molecule has 0 aromatic heterocycles. The van der Waals surface area contributed by atoms with Crippen molar-refractivity contribution in [3.63, 3.8) is 0 Å². The summed E-state index contributed by atoms with van der Waals surface area (Å²) < 4.78 is 0. The van der Waals surface area contributed by atoms with E-state index < -0.39 is 0 Å². The fraction of sp³-hybridized carbons (Fsp3) is 0.444. The molecule has 19 rings (SSSR count). The predicted molar refractivity (Wildman–Crippen MR) is 629 cm³/mol. The molecule has 0 nitrogen and oxygen atoms in total. The molecule has 7 aliphatic carbocycles. The molecule has 12 aromatic rings. The molecule has 0 heteroatoms. The van der Waals surface area contributed by atoms with Gasteiger partial charge in [0.25, 0.3) is 0 Å². The third-order valence-electron chi connectivity index (χ3n) is 30.3. The highest BCUT2D eigenvalue weighted by atomic mass is 14.2. The van der Waals surface area contributed by atoms with E-state index in [2.05, 4.69) is 342 Å². The third-order valence-corrected chi connectivity index (χ3v) is 30.3. The highest BCUT2D eigenvalue weighted by Crippen LogP contribution is 2.36. The van der Waals surface area contributed by atoms with Crippen LogP contribution in [0.4, 0.5) is 0 Å². The maximum Gasteiger partial charge on any atom is 0.0257 e. The fourth-order valence-corrected chi connectivity index (χ4v) is 21.5. The molecule has 12 aromatic carbocycles. The van der Waals surface area contributed by atoms with Gasteiger partial charge < -0.3 is 0 Å². The highest BCUT2D eigenvalue weighted by Gasteiger charge is 2.15. The lowest BCUT2D eigenvalue weighted by atomic mass is 9.94. The normalized spacial score (nSPS) is 11.5. The van der Waals surface area contributed by atoms with E-state index >= 15 is 0 Å². The molecule has 7 aliphatic rings. The smallest absolute Gasteiger partial charge is 0.0257 e. The first kappa shape index (κ1) is 110. The van der Waals surface area contributed by atoms with E-state index in [-0.39, 0.29) is 0 Å². The van der Waals surface area contributed by atoms with Gasteiger partial charge in [-0.1, -0.05) is 579 Å². The zero-order valence-electron chi connectivity index (χ0n) is 89.8. The van der Waals surface area contributed by atoms with Crippen LogP contribution in [0.3, 0.4) is 0 Å². The number of rotatable bonds is 60. The van der Waals surface area contributed by atoms with Gasteiger partial charge in [-0.2, -0.15) is 0 Å². The summed E-state index contributed by atoms with van der Waals surface area (Å²) in [7, 11) is 0.